The van der Waals surface area contributed by atoms with Crippen LogP contribution in [0.15, 0.2) is 64.9 Å². The summed E-state index contributed by atoms with van der Waals surface area (Å²) < 4.78 is 1.85. The van der Waals surface area contributed by atoms with Gasteiger partial charge in [-0.3, -0.25) is 4.79 Å². The Labute approximate surface area is 179 Å². The molecule has 0 radical (unpaired) electrons. The molecule has 0 bridgehead atoms. The highest BCUT2D eigenvalue weighted by Crippen LogP contribution is 2.24. The molecule has 8 heteroatoms. The number of nitrogens with one attached hydrogen (secondary N) is 1. The zero-order chi connectivity index (χ0) is 20.6. The predicted molar refractivity (Wildman–Crippen MR) is 118 cm³/mol. The molecule has 1 amide bonds. The first-order chi connectivity index (χ1) is 14.1. The largest absolute Gasteiger partial charge is 0.305 e. The Hall–Kier alpha value is -2.64. The Bertz CT molecular complexity index is 1000. The van der Waals surface area contributed by atoms with Gasteiger partial charge in [-0.05, 0) is 24.1 Å². The molecule has 3 aromatic rings. The molecule has 1 N–H and O–H groups in total. The Balaban J connectivity index is 1.56. The molecule has 0 atom stereocenters. The van der Waals surface area contributed by atoms with Crippen molar-refractivity contribution < 1.29 is 4.79 Å². The van der Waals surface area contributed by atoms with Crippen LogP contribution in [0, 0.1) is 0 Å². The quantitative estimate of drug-likeness (QED) is 0.329. The lowest BCUT2D eigenvalue weighted by atomic mass is 10.1. The summed E-state index contributed by atoms with van der Waals surface area (Å²) in [6, 6.07) is 17.5. The zero-order valence-corrected chi connectivity index (χ0v) is 17.9. The van der Waals surface area contributed by atoms with E-state index in [9.17, 15) is 4.79 Å². The maximum Gasteiger partial charge on any atom is 0.250 e. The van der Waals surface area contributed by atoms with E-state index >= 15 is 0 Å². The molecule has 0 aliphatic rings. The van der Waals surface area contributed by atoms with Crippen molar-refractivity contribution in [2.75, 3.05) is 5.75 Å². The van der Waals surface area contributed by atoms with Crippen molar-refractivity contribution in [3.05, 3.63) is 65.2 Å². The second kappa shape index (κ2) is 10.2. The summed E-state index contributed by atoms with van der Waals surface area (Å²) in [7, 11) is 1.86. The molecule has 0 saturated carbocycles. The average Bonchev–Trinajstić information content (AvgIpc) is 3.10. The van der Waals surface area contributed by atoms with Crippen LogP contribution in [0.4, 0.5) is 0 Å². The van der Waals surface area contributed by atoms with Crippen LogP contribution in [0.25, 0.3) is 11.4 Å². The summed E-state index contributed by atoms with van der Waals surface area (Å²) in [6.07, 6.45) is 1.49. The van der Waals surface area contributed by atoms with E-state index in [1.54, 1.807) is 0 Å². The number of hydrogen-bond donors (Lipinski definition) is 1. The first-order valence-corrected chi connectivity index (χ1v) is 10.6. The number of hydrazone groups is 1. The van der Waals surface area contributed by atoms with E-state index < -0.39 is 0 Å². The van der Waals surface area contributed by atoms with Crippen molar-refractivity contribution in [1.82, 2.24) is 20.2 Å². The monoisotopic (exact) mass is 427 g/mol. The third kappa shape index (κ3) is 5.92. The van der Waals surface area contributed by atoms with E-state index in [0.29, 0.717) is 16.0 Å². The van der Waals surface area contributed by atoms with Crippen molar-refractivity contribution in [2.24, 2.45) is 12.1 Å². The Morgan fingerprint density at radius 2 is 1.97 bits per heavy atom. The van der Waals surface area contributed by atoms with E-state index in [2.05, 4.69) is 32.9 Å². The highest BCUT2D eigenvalue weighted by Gasteiger charge is 2.13. The third-order valence-electron chi connectivity index (χ3n) is 4.25. The van der Waals surface area contributed by atoms with Crippen molar-refractivity contribution in [3.8, 4) is 11.4 Å². The van der Waals surface area contributed by atoms with E-state index in [4.69, 9.17) is 11.6 Å². The number of nitrogens with zero attached hydrogens (tertiary/aromatic N) is 4. The maximum atomic E-state index is 12.2. The summed E-state index contributed by atoms with van der Waals surface area (Å²) in [5.41, 5.74) is 5.62. The van der Waals surface area contributed by atoms with Crippen LogP contribution in [0.3, 0.4) is 0 Å². The number of carbonyl (C=O) groups excluding carboxylic acids is 1. The van der Waals surface area contributed by atoms with Gasteiger partial charge in [-0.1, -0.05) is 72.8 Å². The van der Waals surface area contributed by atoms with Crippen molar-refractivity contribution >= 4 is 35.0 Å². The van der Waals surface area contributed by atoms with Crippen molar-refractivity contribution in [1.29, 1.82) is 0 Å². The molecule has 29 heavy (non-hydrogen) atoms. The Morgan fingerprint density at radius 1 is 1.17 bits per heavy atom. The second-order valence-electron chi connectivity index (χ2n) is 6.39. The summed E-state index contributed by atoms with van der Waals surface area (Å²) in [4.78, 5) is 12.2. The molecular formula is C21H22ClN5OS. The van der Waals surface area contributed by atoms with Gasteiger partial charge in [-0.2, -0.15) is 5.10 Å². The molecule has 150 valence electrons. The molecule has 2 aromatic carbocycles. The molecular weight excluding hydrogens is 406 g/mol. The minimum atomic E-state index is -0.179. The molecule has 1 heterocycles. The fourth-order valence-electron chi connectivity index (χ4n) is 2.70. The summed E-state index contributed by atoms with van der Waals surface area (Å²) in [5.74, 6) is 0.721. The van der Waals surface area contributed by atoms with Gasteiger partial charge in [0, 0.05) is 29.8 Å². The Kier molecular flexibility index (Phi) is 7.43. The van der Waals surface area contributed by atoms with Crippen LogP contribution in [0.2, 0.25) is 5.02 Å². The topological polar surface area (TPSA) is 72.2 Å². The maximum absolute atomic E-state index is 12.2. The van der Waals surface area contributed by atoms with E-state index in [1.165, 1.54) is 17.3 Å². The molecule has 3 rings (SSSR count). The van der Waals surface area contributed by atoms with Gasteiger partial charge in [0.25, 0.3) is 5.91 Å². The fourth-order valence-corrected chi connectivity index (χ4v) is 3.59. The number of amides is 1. The van der Waals surface area contributed by atoms with Crippen LogP contribution in [-0.4, -0.2) is 32.1 Å². The average molecular weight is 428 g/mol. The third-order valence-corrected chi connectivity index (χ3v) is 5.50. The van der Waals surface area contributed by atoms with Gasteiger partial charge in [0.1, 0.15) is 0 Å². The standard InChI is InChI=1S/C21H22ClN5OS/c1-3-18(12-15-8-5-4-6-9-15)23-24-19(28)14-29-21-26-25-20(27(21)2)16-10-7-11-17(22)13-16/h4-11,13H,3,12,14H2,1-2H3,(H,24,28)/b23-18-. The minimum absolute atomic E-state index is 0.179. The SMILES string of the molecule is CC/C(Cc1ccccc1)=N/NC(=O)CSc1nnc(-c2cccc(Cl)c2)n1C. The zero-order valence-electron chi connectivity index (χ0n) is 16.3. The van der Waals surface area contributed by atoms with Crippen LogP contribution < -0.4 is 5.43 Å². The molecule has 0 unspecified atom stereocenters. The Morgan fingerprint density at radius 3 is 2.69 bits per heavy atom. The normalized spacial score (nSPS) is 11.5. The van der Waals surface area contributed by atoms with Crippen LogP contribution in [0.5, 0.6) is 0 Å². The molecule has 0 aliphatic heterocycles. The fraction of sp³-hybridized carbons (Fsp3) is 0.238. The van der Waals surface area contributed by atoms with Crippen LogP contribution >= 0.6 is 23.4 Å². The highest BCUT2D eigenvalue weighted by molar-refractivity contribution is 7.99. The summed E-state index contributed by atoms with van der Waals surface area (Å²) >= 11 is 7.37. The van der Waals surface area contributed by atoms with E-state index in [0.717, 1.165) is 24.1 Å². The lowest BCUT2D eigenvalue weighted by Gasteiger charge is -2.06. The van der Waals surface area contributed by atoms with E-state index in [-0.39, 0.29) is 11.7 Å². The second-order valence-corrected chi connectivity index (χ2v) is 7.77. The molecule has 1 aromatic heterocycles. The number of thioether (sulfide) groups is 1. The van der Waals surface area contributed by atoms with Crippen LogP contribution in [-0.2, 0) is 18.3 Å². The summed E-state index contributed by atoms with van der Waals surface area (Å²) in [6.45, 7) is 2.03. The molecule has 0 fully saturated rings. The number of aromatic nitrogens is 3. The van der Waals surface area contributed by atoms with Gasteiger partial charge in [0.05, 0.1) is 5.75 Å². The van der Waals surface area contributed by atoms with Gasteiger partial charge < -0.3 is 4.57 Å². The van der Waals surface area contributed by atoms with Gasteiger partial charge in [0.15, 0.2) is 11.0 Å². The summed E-state index contributed by atoms with van der Waals surface area (Å²) in [5, 5.41) is 14.0. The number of benzene rings is 2. The van der Waals surface area contributed by atoms with Gasteiger partial charge in [-0.15, -0.1) is 10.2 Å². The lowest BCUT2D eigenvalue weighted by molar-refractivity contribution is -0.118. The lowest BCUT2D eigenvalue weighted by Crippen LogP contribution is -2.22. The predicted octanol–water partition coefficient (Wildman–Crippen LogP) is 4.35. The number of halogens is 1. The first kappa shape index (κ1) is 21.1. The number of carbonyl (C=O) groups is 1. The van der Waals surface area contributed by atoms with Crippen molar-refractivity contribution in [2.45, 2.75) is 24.9 Å². The molecule has 0 aliphatic carbocycles. The van der Waals surface area contributed by atoms with Gasteiger partial charge in [-0.25, -0.2) is 5.43 Å². The molecule has 0 saturated heterocycles. The smallest absolute Gasteiger partial charge is 0.250 e. The highest BCUT2D eigenvalue weighted by atomic mass is 35.5. The van der Waals surface area contributed by atoms with Crippen molar-refractivity contribution in [3.63, 3.8) is 0 Å². The number of hydrogen-bond acceptors (Lipinski definition) is 5. The molecule has 0 spiro atoms. The number of rotatable bonds is 8. The minimum Gasteiger partial charge on any atom is -0.305 e. The first-order valence-electron chi connectivity index (χ1n) is 9.23. The van der Waals surface area contributed by atoms with Gasteiger partial charge in [0.2, 0.25) is 0 Å². The van der Waals surface area contributed by atoms with Crippen LogP contribution in [0.1, 0.15) is 18.9 Å². The molecule has 6 nitrogen and oxygen atoms in total. The van der Waals surface area contributed by atoms with Gasteiger partial charge >= 0.3 is 0 Å². The van der Waals surface area contributed by atoms with E-state index in [1.807, 2.05) is 61.0 Å².